The minimum Gasteiger partial charge on any atom is -0.392 e. The van der Waals surface area contributed by atoms with Gasteiger partial charge in [0.05, 0.1) is 13.2 Å². The van der Waals surface area contributed by atoms with E-state index in [1.54, 1.807) is 0 Å². The molecule has 1 heterocycles. The van der Waals surface area contributed by atoms with E-state index in [1.807, 2.05) is 23.9 Å². The molecule has 1 aliphatic rings. The number of hydrogen-bond acceptors (Lipinski definition) is 3. The fourth-order valence-electron chi connectivity index (χ4n) is 1.63. The summed E-state index contributed by atoms with van der Waals surface area (Å²) in [6, 6.07) is 4.03. The van der Waals surface area contributed by atoms with E-state index < -0.39 is 0 Å². The maximum Gasteiger partial charge on any atom is 0.0685 e. The van der Waals surface area contributed by atoms with Crippen molar-refractivity contribution in [2.45, 2.75) is 24.7 Å². The van der Waals surface area contributed by atoms with Crippen LogP contribution in [0, 0.1) is 0 Å². The zero-order valence-electron chi connectivity index (χ0n) is 7.29. The van der Waals surface area contributed by atoms with Gasteiger partial charge in [-0.05, 0) is 22.3 Å². The van der Waals surface area contributed by atoms with Crippen LogP contribution in [0.3, 0.4) is 0 Å². The Balaban J connectivity index is 2.47. The van der Waals surface area contributed by atoms with Gasteiger partial charge >= 0.3 is 0 Å². The van der Waals surface area contributed by atoms with Crippen LogP contribution in [0.1, 0.15) is 22.3 Å². The topological polar surface area (TPSA) is 40.5 Å². The van der Waals surface area contributed by atoms with Gasteiger partial charge in [0, 0.05) is 11.5 Å². The normalized spacial score (nSPS) is 14.6. The Morgan fingerprint density at radius 1 is 1.00 bits per heavy atom. The summed E-state index contributed by atoms with van der Waals surface area (Å²) in [7, 11) is 0. The highest BCUT2D eigenvalue weighted by Crippen LogP contribution is 2.31. The highest BCUT2D eigenvalue weighted by molar-refractivity contribution is 7.98. The van der Waals surface area contributed by atoms with E-state index in [9.17, 15) is 0 Å². The average molecular weight is 196 g/mol. The van der Waals surface area contributed by atoms with Crippen molar-refractivity contribution in [1.82, 2.24) is 0 Å². The van der Waals surface area contributed by atoms with Crippen molar-refractivity contribution in [1.29, 1.82) is 0 Å². The summed E-state index contributed by atoms with van der Waals surface area (Å²) in [4.78, 5) is 0. The average Bonchev–Trinajstić information content (AvgIpc) is 2.62. The van der Waals surface area contributed by atoms with Crippen molar-refractivity contribution in [3.05, 3.63) is 34.4 Å². The molecule has 0 spiro atoms. The van der Waals surface area contributed by atoms with Crippen molar-refractivity contribution in [3.8, 4) is 0 Å². The third-order valence-electron chi connectivity index (χ3n) is 2.38. The maximum absolute atomic E-state index is 9.06. The van der Waals surface area contributed by atoms with E-state index in [4.69, 9.17) is 10.2 Å². The van der Waals surface area contributed by atoms with Crippen molar-refractivity contribution in [2.75, 3.05) is 0 Å². The number of benzene rings is 1. The van der Waals surface area contributed by atoms with E-state index >= 15 is 0 Å². The summed E-state index contributed by atoms with van der Waals surface area (Å²) in [5.74, 6) is 2.07. The van der Waals surface area contributed by atoms with Crippen LogP contribution in [0.2, 0.25) is 0 Å². The third kappa shape index (κ3) is 1.59. The molecule has 0 radical (unpaired) electrons. The Morgan fingerprint density at radius 3 is 1.85 bits per heavy atom. The Morgan fingerprint density at radius 2 is 1.46 bits per heavy atom. The molecule has 0 atom stereocenters. The largest absolute Gasteiger partial charge is 0.392 e. The first-order valence-electron chi connectivity index (χ1n) is 4.28. The fraction of sp³-hybridized carbons (Fsp3) is 0.400. The number of rotatable bonds is 2. The molecule has 1 aliphatic heterocycles. The maximum atomic E-state index is 9.06. The standard InChI is InChI=1S/C10H12O2S/c11-3-7-1-9-5-13-6-10(9)2-8(7)4-12/h1-2,11-12H,3-6H2. The first-order chi connectivity index (χ1) is 6.35. The lowest BCUT2D eigenvalue weighted by atomic mass is 10.0. The summed E-state index contributed by atoms with van der Waals surface area (Å²) in [6.07, 6.45) is 0. The number of fused-ring (bicyclic) bond motifs is 1. The molecule has 2 rings (SSSR count). The Labute approximate surface area is 81.6 Å². The molecule has 2 nitrogen and oxygen atoms in total. The molecule has 3 heteroatoms. The van der Waals surface area contributed by atoms with Gasteiger partial charge in [0.1, 0.15) is 0 Å². The summed E-state index contributed by atoms with van der Waals surface area (Å²) in [6.45, 7) is 0.0433. The van der Waals surface area contributed by atoms with Crippen molar-refractivity contribution >= 4 is 11.8 Å². The summed E-state index contributed by atoms with van der Waals surface area (Å²) < 4.78 is 0. The Bertz CT molecular complexity index is 292. The molecule has 0 aliphatic carbocycles. The minimum atomic E-state index is 0.0217. The predicted octanol–water partition coefficient (Wildman–Crippen LogP) is 1.42. The zero-order chi connectivity index (χ0) is 9.26. The fourth-order valence-corrected chi connectivity index (χ4v) is 2.70. The second-order valence-corrected chi connectivity index (χ2v) is 4.18. The van der Waals surface area contributed by atoms with Crippen molar-refractivity contribution in [2.24, 2.45) is 0 Å². The van der Waals surface area contributed by atoms with Crippen molar-refractivity contribution < 1.29 is 10.2 Å². The number of thioether (sulfide) groups is 1. The summed E-state index contributed by atoms with van der Waals surface area (Å²) in [5.41, 5.74) is 4.35. The lowest BCUT2D eigenvalue weighted by Gasteiger charge is -2.07. The lowest BCUT2D eigenvalue weighted by molar-refractivity contribution is 0.260. The van der Waals surface area contributed by atoms with Crippen LogP contribution >= 0.6 is 11.8 Å². The quantitative estimate of drug-likeness (QED) is 0.751. The number of aliphatic hydroxyl groups is 2. The molecule has 0 saturated heterocycles. The number of hydrogen-bond donors (Lipinski definition) is 2. The summed E-state index contributed by atoms with van der Waals surface area (Å²) >= 11 is 1.88. The molecule has 0 aromatic heterocycles. The SMILES string of the molecule is OCc1cc2c(cc1CO)CSC2. The van der Waals surface area contributed by atoms with Gasteiger partial charge in [-0.1, -0.05) is 12.1 Å². The van der Waals surface area contributed by atoms with Gasteiger partial charge < -0.3 is 10.2 Å². The van der Waals surface area contributed by atoms with Gasteiger partial charge in [-0.3, -0.25) is 0 Å². The van der Waals surface area contributed by atoms with Crippen LogP contribution < -0.4 is 0 Å². The molecule has 13 heavy (non-hydrogen) atoms. The van der Waals surface area contributed by atoms with Gasteiger partial charge in [0.15, 0.2) is 0 Å². The molecule has 70 valence electrons. The molecular formula is C10H12O2S. The highest BCUT2D eigenvalue weighted by Gasteiger charge is 2.13. The molecule has 0 bridgehead atoms. The van der Waals surface area contributed by atoms with Crippen LogP contribution in [0.4, 0.5) is 0 Å². The summed E-state index contributed by atoms with van der Waals surface area (Å²) in [5, 5.41) is 18.1. The molecule has 0 saturated carbocycles. The van der Waals surface area contributed by atoms with E-state index in [-0.39, 0.29) is 13.2 Å². The van der Waals surface area contributed by atoms with Crippen LogP contribution in [0.15, 0.2) is 12.1 Å². The minimum absolute atomic E-state index is 0.0217. The lowest BCUT2D eigenvalue weighted by Crippen LogP contribution is -1.97. The molecule has 2 N–H and O–H groups in total. The molecular weight excluding hydrogens is 184 g/mol. The highest BCUT2D eigenvalue weighted by atomic mass is 32.2. The van der Waals surface area contributed by atoms with E-state index in [1.165, 1.54) is 11.1 Å². The number of aliphatic hydroxyl groups excluding tert-OH is 2. The predicted molar refractivity (Wildman–Crippen MR) is 53.3 cm³/mol. The first kappa shape index (κ1) is 9.06. The zero-order valence-corrected chi connectivity index (χ0v) is 8.10. The second kappa shape index (κ2) is 3.70. The van der Waals surface area contributed by atoms with E-state index in [0.29, 0.717) is 0 Å². The van der Waals surface area contributed by atoms with Gasteiger partial charge in [-0.2, -0.15) is 11.8 Å². The Hall–Kier alpha value is -0.510. The second-order valence-electron chi connectivity index (χ2n) is 3.20. The molecule has 1 aromatic rings. The molecule has 1 aromatic carbocycles. The van der Waals surface area contributed by atoms with Gasteiger partial charge in [-0.15, -0.1) is 0 Å². The van der Waals surface area contributed by atoms with Gasteiger partial charge in [0.2, 0.25) is 0 Å². The smallest absolute Gasteiger partial charge is 0.0685 e. The van der Waals surface area contributed by atoms with Crippen molar-refractivity contribution in [3.63, 3.8) is 0 Å². The van der Waals surface area contributed by atoms with Crippen LogP contribution in [-0.2, 0) is 24.7 Å². The van der Waals surface area contributed by atoms with Gasteiger partial charge in [-0.25, -0.2) is 0 Å². The van der Waals surface area contributed by atoms with Crippen LogP contribution in [-0.4, -0.2) is 10.2 Å². The molecule has 0 fully saturated rings. The Kier molecular flexibility index (Phi) is 2.58. The van der Waals surface area contributed by atoms with Crippen LogP contribution in [0.25, 0.3) is 0 Å². The first-order valence-corrected chi connectivity index (χ1v) is 5.43. The van der Waals surface area contributed by atoms with E-state index in [0.717, 1.165) is 22.6 Å². The molecule has 0 unspecified atom stereocenters. The third-order valence-corrected chi connectivity index (χ3v) is 3.41. The van der Waals surface area contributed by atoms with Crippen LogP contribution in [0.5, 0.6) is 0 Å². The van der Waals surface area contributed by atoms with E-state index in [2.05, 4.69) is 0 Å². The monoisotopic (exact) mass is 196 g/mol. The van der Waals surface area contributed by atoms with Gasteiger partial charge in [0.25, 0.3) is 0 Å². The molecule has 0 amide bonds.